The zero-order valence-electron chi connectivity index (χ0n) is 19.9. The van der Waals surface area contributed by atoms with E-state index in [0.717, 1.165) is 31.2 Å². The van der Waals surface area contributed by atoms with Crippen molar-refractivity contribution in [2.75, 3.05) is 31.5 Å². The van der Waals surface area contributed by atoms with Crippen molar-refractivity contribution < 1.29 is 18.0 Å². The van der Waals surface area contributed by atoms with Crippen molar-refractivity contribution in [2.45, 2.75) is 43.4 Å². The summed E-state index contributed by atoms with van der Waals surface area (Å²) in [5.41, 5.74) is 1.55. The third-order valence-electron chi connectivity index (χ3n) is 6.72. The summed E-state index contributed by atoms with van der Waals surface area (Å²) in [4.78, 5) is 27.3. The van der Waals surface area contributed by atoms with E-state index < -0.39 is 10.0 Å². The van der Waals surface area contributed by atoms with E-state index in [9.17, 15) is 18.0 Å². The molecule has 0 aromatic heterocycles. The Kier molecular flexibility index (Phi) is 8.36. The monoisotopic (exact) mass is 495 g/mol. The Morgan fingerprint density at radius 2 is 1.46 bits per heavy atom. The van der Waals surface area contributed by atoms with E-state index in [1.807, 2.05) is 30.3 Å². The number of piperidine rings is 1. The first-order valence-electron chi connectivity index (χ1n) is 12.4. The highest BCUT2D eigenvalue weighted by molar-refractivity contribution is 7.89. The van der Waals surface area contributed by atoms with Gasteiger partial charge >= 0.3 is 0 Å². The van der Waals surface area contributed by atoms with E-state index in [1.165, 1.54) is 0 Å². The number of nitrogens with one attached hydrogen (secondary N) is 1. The third kappa shape index (κ3) is 6.58. The van der Waals surface area contributed by atoms with Gasteiger partial charge in [0.2, 0.25) is 21.8 Å². The molecular weight excluding hydrogens is 462 g/mol. The molecule has 2 aromatic carbocycles. The van der Waals surface area contributed by atoms with Crippen molar-refractivity contribution in [3.05, 3.63) is 66.2 Å². The molecule has 2 aliphatic rings. The fraction of sp³-hybridized carbons (Fsp3) is 0.407. The fourth-order valence-electron chi connectivity index (χ4n) is 4.58. The number of carbonyl (C=O) groups excluding carboxylic acids is 2. The van der Waals surface area contributed by atoms with Crippen molar-refractivity contribution >= 4 is 33.6 Å². The molecule has 0 unspecified atom stereocenters. The van der Waals surface area contributed by atoms with Crippen LogP contribution in [0.25, 0.3) is 6.08 Å². The number of likely N-dealkylation sites (tertiary alicyclic amines) is 1. The first kappa shape index (κ1) is 25.1. The lowest BCUT2D eigenvalue weighted by atomic mass is 9.95. The van der Waals surface area contributed by atoms with Gasteiger partial charge in [-0.1, -0.05) is 43.2 Å². The summed E-state index contributed by atoms with van der Waals surface area (Å²) in [6.07, 6.45) is 8.48. The minimum Gasteiger partial charge on any atom is -0.339 e. The quantitative estimate of drug-likeness (QED) is 0.610. The van der Waals surface area contributed by atoms with E-state index in [-0.39, 0.29) is 22.6 Å². The van der Waals surface area contributed by atoms with Crippen molar-refractivity contribution in [2.24, 2.45) is 5.92 Å². The molecule has 0 saturated carbocycles. The van der Waals surface area contributed by atoms with Gasteiger partial charge in [-0.05, 0) is 61.6 Å². The van der Waals surface area contributed by atoms with Gasteiger partial charge in [0.05, 0.1) is 4.90 Å². The number of amides is 2. The number of hydrogen-bond donors (Lipinski definition) is 1. The lowest BCUT2D eigenvalue weighted by molar-refractivity contribution is -0.130. The highest BCUT2D eigenvalue weighted by Gasteiger charge is 2.27. The summed E-state index contributed by atoms with van der Waals surface area (Å²) >= 11 is 0. The van der Waals surface area contributed by atoms with Crippen LogP contribution in [0.3, 0.4) is 0 Å². The summed E-state index contributed by atoms with van der Waals surface area (Å²) < 4.78 is 27.4. The van der Waals surface area contributed by atoms with Gasteiger partial charge in [0.25, 0.3) is 0 Å². The molecule has 1 N–H and O–H groups in total. The molecule has 2 fully saturated rings. The molecule has 0 aliphatic carbocycles. The molecule has 2 aromatic rings. The van der Waals surface area contributed by atoms with Crippen LogP contribution in [-0.2, 0) is 19.6 Å². The fourth-order valence-corrected chi connectivity index (χ4v) is 6.10. The Balaban J connectivity index is 1.28. The molecule has 8 heteroatoms. The predicted octanol–water partition coefficient (Wildman–Crippen LogP) is 4.14. The normalized spacial score (nSPS) is 18.3. The largest absolute Gasteiger partial charge is 0.339 e. The molecule has 7 nitrogen and oxygen atoms in total. The number of hydrogen-bond acceptors (Lipinski definition) is 4. The van der Waals surface area contributed by atoms with Gasteiger partial charge in [0.15, 0.2) is 0 Å². The van der Waals surface area contributed by atoms with Crippen molar-refractivity contribution in [3.8, 4) is 0 Å². The van der Waals surface area contributed by atoms with E-state index in [2.05, 4.69) is 5.32 Å². The molecule has 2 saturated heterocycles. The molecule has 0 bridgehead atoms. The summed E-state index contributed by atoms with van der Waals surface area (Å²) in [7, 11) is -3.51. The lowest BCUT2D eigenvalue weighted by Gasteiger charge is -2.30. The van der Waals surface area contributed by atoms with Gasteiger partial charge in [-0.25, -0.2) is 8.42 Å². The summed E-state index contributed by atoms with van der Waals surface area (Å²) in [5, 5.41) is 2.91. The van der Waals surface area contributed by atoms with E-state index in [1.54, 1.807) is 45.6 Å². The first-order chi connectivity index (χ1) is 16.9. The molecule has 2 heterocycles. The van der Waals surface area contributed by atoms with Crippen LogP contribution in [-0.4, -0.2) is 55.6 Å². The zero-order valence-corrected chi connectivity index (χ0v) is 20.8. The van der Waals surface area contributed by atoms with Gasteiger partial charge in [0.1, 0.15) is 0 Å². The molecule has 0 radical (unpaired) electrons. The molecular formula is C27H33N3O4S. The van der Waals surface area contributed by atoms with Crippen molar-refractivity contribution in [3.63, 3.8) is 0 Å². The molecule has 2 amide bonds. The minimum absolute atomic E-state index is 0.0473. The van der Waals surface area contributed by atoms with Crippen molar-refractivity contribution in [1.29, 1.82) is 0 Å². The topological polar surface area (TPSA) is 86.8 Å². The van der Waals surface area contributed by atoms with Crippen LogP contribution in [0.5, 0.6) is 0 Å². The summed E-state index contributed by atoms with van der Waals surface area (Å²) in [6.45, 7) is 2.18. The SMILES string of the molecule is O=C(Nc1ccc(S(=O)(=O)N2CCCCCC2)cc1)C1CCN(C(=O)C=Cc2ccccc2)CC1. The summed E-state index contributed by atoms with van der Waals surface area (Å²) in [5.74, 6) is -0.327. The van der Waals surface area contributed by atoms with Crippen LogP contribution in [0.15, 0.2) is 65.6 Å². The number of carbonyl (C=O) groups is 2. The summed E-state index contributed by atoms with van der Waals surface area (Å²) in [6, 6.07) is 16.1. The van der Waals surface area contributed by atoms with Crippen LogP contribution in [0.2, 0.25) is 0 Å². The van der Waals surface area contributed by atoms with Gasteiger partial charge in [-0.15, -0.1) is 0 Å². The van der Waals surface area contributed by atoms with Crippen molar-refractivity contribution in [1.82, 2.24) is 9.21 Å². The van der Waals surface area contributed by atoms with Crippen LogP contribution in [0, 0.1) is 5.92 Å². The second-order valence-corrected chi connectivity index (χ2v) is 11.1. The number of nitrogens with zero attached hydrogens (tertiary/aromatic N) is 2. The molecule has 2 aliphatic heterocycles. The number of benzene rings is 2. The Labute approximate surface area is 207 Å². The smallest absolute Gasteiger partial charge is 0.246 e. The second-order valence-electron chi connectivity index (χ2n) is 9.18. The third-order valence-corrected chi connectivity index (χ3v) is 8.63. The molecule has 186 valence electrons. The first-order valence-corrected chi connectivity index (χ1v) is 13.8. The highest BCUT2D eigenvalue weighted by Crippen LogP contribution is 2.23. The predicted molar refractivity (Wildman–Crippen MR) is 137 cm³/mol. The van der Waals surface area contributed by atoms with Crippen LogP contribution < -0.4 is 5.32 Å². The van der Waals surface area contributed by atoms with Gasteiger partial charge in [0, 0.05) is 43.9 Å². The number of sulfonamides is 1. The minimum atomic E-state index is -3.51. The van der Waals surface area contributed by atoms with Gasteiger partial charge in [-0.3, -0.25) is 9.59 Å². The Hall–Kier alpha value is -2.97. The van der Waals surface area contributed by atoms with Gasteiger partial charge < -0.3 is 10.2 Å². The average Bonchev–Trinajstić information content (AvgIpc) is 3.19. The van der Waals surface area contributed by atoms with Crippen LogP contribution in [0.4, 0.5) is 5.69 Å². The van der Waals surface area contributed by atoms with Crippen LogP contribution in [0.1, 0.15) is 44.1 Å². The highest BCUT2D eigenvalue weighted by atomic mass is 32.2. The lowest BCUT2D eigenvalue weighted by Crippen LogP contribution is -2.40. The Bertz CT molecular complexity index is 1130. The van der Waals surface area contributed by atoms with Crippen LogP contribution >= 0.6 is 0 Å². The zero-order chi connectivity index (χ0) is 24.7. The maximum absolute atomic E-state index is 12.9. The second kappa shape index (κ2) is 11.6. The number of rotatable bonds is 6. The van der Waals surface area contributed by atoms with E-state index in [0.29, 0.717) is 44.7 Å². The van der Waals surface area contributed by atoms with E-state index in [4.69, 9.17) is 0 Å². The molecule has 4 rings (SSSR count). The van der Waals surface area contributed by atoms with E-state index >= 15 is 0 Å². The number of anilines is 1. The molecule has 0 spiro atoms. The Morgan fingerprint density at radius 1 is 0.829 bits per heavy atom. The van der Waals surface area contributed by atoms with Gasteiger partial charge in [-0.2, -0.15) is 4.31 Å². The standard InChI is InChI=1S/C27H33N3O4S/c31-26(15-10-22-8-4-3-5-9-22)29-20-16-23(17-21-29)27(32)28-24-11-13-25(14-12-24)35(33,34)30-18-6-1-2-7-19-30/h3-5,8-15,23H,1-2,6-7,16-21H2,(H,28,32). The maximum atomic E-state index is 12.9. The Morgan fingerprint density at radius 3 is 2.09 bits per heavy atom. The molecule has 35 heavy (non-hydrogen) atoms. The molecule has 0 atom stereocenters. The maximum Gasteiger partial charge on any atom is 0.246 e. The average molecular weight is 496 g/mol.